The Kier molecular flexibility index (Phi) is 5.59. The molecule has 70 valence electrons. The third kappa shape index (κ3) is 11.1. The molecule has 0 fully saturated rings. The minimum atomic E-state index is -1.99. The van der Waals surface area contributed by atoms with E-state index < -0.39 is 37.2 Å². The molecule has 0 aliphatic heterocycles. The third-order valence-electron chi connectivity index (χ3n) is 1.04. The molecule has 0 radical (unpaired) electrons. The normalized spacial score (nSPS) is 12.2. The minimum absolute atomic E-state index is 0.674. The summed E-state index contributed by atoms with van der Waals surface area (Å²) >= 11 is -3.81. The maximum atomic E-state index is 5.69. The van der Waals surface area contributed by atoms with E-state index in [0.717, 1.165) is 0 Å². The Balaban J connectivity index is 3.75. The van der Waals surface area contributed by atoms with Crippen LogP contribution in [-0.4, -0.2) is 43.8 Å². The first kappa shape index (κ1) is 13.1. The third-order valence-corrected chi connectivity index (χ3v) is 6.57. The van der Waals surface area contributed by atoms with Gasteiger partial charge in [-0.25, -0.2) is 0 Å². The van der Waals surface area contributed by atoms with Crippen LogP contribution in [0.4, 0.5) is 0 Å². The first-order chi connectivity index (χ1) is 5.21. The van der Waals surface area contributed by atoms with Gasteiger partial charge in [-0.3, -0.25) is 0 Å². The predicted molar refractivity (Wildman–Crippen MR) is 60.4 cm³/mol. The van der Waals surface area contributed by atoms with Crippen LogP contribution in [0.5, 0.6) is 0 Å². The van der Waals surface area contributed by atoms with Crippen molar-refractivity contribution in [3.8, 4) is 9.86 Å². The standard InChI is InChI=1S/C3H2O.6CH3.2Sn/c1-2-3-4;;;;;;;;/h3H2;6*1H3;;/q-1;;;;;;;;+1. The molecule has 0 rings (SSSR count). The molecule has 0 spiro atoms. The predicted octanol–water partition coefficient (Wildman–Crippen LogP) is 2.72. The SMILES string of the molecule is [CH3][Sn]([CH3])([CH3])[C]#CC[O][Sn]([CH3])([CH3])[CH3]. The molecule has 0 saturated heterocycles. The summed E-state index contributed by atoms with van der Waals surface area (Å²) < 4.78 is 9.06. The summed E-state index contributed by atoms with van der Waals surface area (Å²) in [4.78, 5) is 13.7. The first-order valence-electron chi connectivity index (χ1n) is 4.35. The summed E-state index contributed by atoms with van der Waals surface area (Å²) in [5.41, 5.74) is 0. The molecule has 0 heterocycles. The van der Waals surface area contributed by atoms with E-state index in [4.69, 9.17) is 3.07 Å². The Morgan fingerprint density at radius 3 is 1.83 bits per heavy atom. The van der Waals surface area contributed by atoms with Gasteiger partial charge < -0.3 is 0 Å². The number of hydrogen-bond donors (Lipinski definition) is 0. The van der Waals surface area contributed by atoms with E-state index in [1.165, 1.54) is 0 Å². The zero-order valence-corrected chi connectivity index (χ0v) is 14.8. The van der Waals surface area contributed by atoms with E-state index in [0.29, 0.717) is 6.61 Å². The molecule has 0 aromatic rings. The van der Waals surface area contributed by atoms with Gasteiger partial charge in [-0.05, 0) is 0 Å². The van der Waals surface area contributed by atoms with Crippen molar-refractivity contribution in [1.29, 1.82) is 0 Å². The fourth-order valence-corrected chi connectivity index (χ4v) is 3.72. The second-order valence-corrected chi connectivity index (χ2v) is 31.4. The summed E-state index contributed by atoms with van der Waals surface area (Å²) in [5, 5.41) is 0. The van der Waals surface area contributed by atoms with Gasteiger partial charge in [0.1, 0.15) is 0 Å². The van der Waals surface area contributed by atoms with Crippen LogP contribution in [0.25, 0.3) is 0 Å². The van der Waals surface area contributed by atoms with Crippen molar-refractivity contribution < 1.29 is 3.07 Å². The number of hydrogen-bond acceptors (Lipinski definition) is 1. The maximum absolute atomic E-state index is 5.69. The topological polar surface area (TPSA) is 9.23 Å². The van der Waals surface area contributed by atoms with Gasteiger partial charge in [-0.15, -0.1) is 0 Å². The van der Waals surface area contributed by atoms with Gasteiger partial charge in [-0.1, -0.05) is 0 Å². The van der Waals surface area contributed by atoms with Crippen LogP contribution < -0.4 is 0 Å². The van der Waals surface area contributed by atoms with Crippen LogP contribution in [-0.2, 0) is 3.07 Å². The molecule has 0 aromatic heterocycles. The van der Waals surface area contributed by atoms with Gasteiger partial charge in [0.2, 0.25) is 0 Å². The van der Waals surface area contributed by atoms with Crippen molar-refractivity contribution in [2.75, 3.05) is 6.61 Å². The first-order valence-corrected chi connectivity index (χ1v) is 24.1. The Bertz CT molecular complexity index is 187. The Labute approximate surface area is 85.6 Å². The molecule has 0 unspecified atom stereocenters. The van der Waals surface area contributed by atoms with Crippen LogP contribution in [0, 0.1) is 9.86 Å². The molecule has 0 aliphatic rings. The molecule has 0 aliphatic carbocycles. The second-order valence-electron chi connectivity index (χ2n) is 4.95. The van der Waals surface area contributed by atoms with Crippen molar-refractivity contribution in [2.24, 2.45) is 0 Å². The van der Waals surface area contributed by atoms with Crippen LogP contribution in [0.2, 0.25) is 29.6 Å². The molecule has 1 nitrogen and oxygen atoms in total. The molecule has 0 amide bonds. The molecular weight excluding hydrogens is 362 g/mol. The fourth-order valence-electron chi connectivity index (χ4n) is 0.554. The van der Waals surface area contributed by atoms with Crippen molar-refractivity contribution >= 4 is 37.2 Å². The van der Waals surface area contributed by atoms with Crippen molar-refractivity contribution in [3.05, 3.63) is 0 Å². The van der Waals surface area contributed by atoms with Crippen molar-refractivity contribution in [3.63, 3.8) is 0 Å². The van der Waals surface area contributed by atoms with Gasteiger partial charge in [-0.2, -0.15) is 0 Å². The van der Waals surface area contributed by atoms with Crippen LogP contribution in [0.3, 0.4) is 0 Å². The number of rotatable bonds is 2. The average molecular weight is 382 g/mol. The van der Waals surface area contributed by atoms with E-state index in [1.807, 2.05) is 0 Å². The van der Waals surface area contributed by atoms with Gasteiger partial charge in [0, 0.05) is 0 Å². The molecule has 0 atom stereocenters. The summed E-state index contributed by atoms with van der Waals surface area (Å²) in [5.74, 6) is 3.16. The van der Waals surface area contributed by atoms with Gasteiger partial charge in [0.25, 0.3) is 0 Å². The monoisotopic (exact) mass is 384 g/mol. The molecule has 0 bridgehead atoms. The molecule has 3 heteroatoms. The summed E-state index contributed by atoms with van der Waals surface area (Å²) in [6.07, 6.45) is 0. The zero-order chi connectivity index (χ0) is 9.83. The molecular formula is C9H20OSn2. The van der Waals surface area contributed by atoms with E-state index in [9.17, 15) is 0 Å². The van der Waals surface area contributed by atoms with Gasteiger partial charge in [0.15, 0.2) is 0 Å². The Morgan fingerprint density at radius 2 is 1.50 bits per heavy atom. The van der Waals surface area contributed by atoms with Crippen LogP contribution in [0.1, 0.15) is 0 Å². The second kappa shape index (κ2) is 5.11. The molecule has 0 aromatic carbocycles. The fraction of sp³-hybridized carbons (Fsp3) is 0.778. The summed E-state index contributed by atoms with van der Waals surface area (Å²) in [6.45, 7) is 0.674. The van der Waals surface area contributed by atoms with Crippen LogP contribution >= 0.6 is 0 Å². The van der Waals surface area contributed by atoms with E-state index in [2.05, 4.69) is 39.5 Å². The van der Waals surface area contributed by atoms with Crippen LogP contribution in [0.15, 0.2) is 0 Å². The van der Waals surface area contributed by atoms with Crippen molar-refractivity contribution in [1.82, 2.24) is 0 Å². The van der Waals surface area contributed by atoms with E-state index in [-0.39, 0.29) is 0 Å². The molecule has 0 saturated carbocycles. The zero-order valence-electron chi connectivity index (χ0n) is 9.12. The van der Waals surface area contributed by atoms with E-state index >= 15 is 0 Å². The Hall–Kier alpha value is 1.12. The summed E-state index contributed by atoms with van der Waals surface area (Å²) in [6, 6.07) is 0. The molecule has 12 heavy (non-hydrogen) atoms. The Morgan fingerprint density at radius 1 is 1.00 bits per heavy atom. The van der Waals surface area contributed by atoms with Gasteiger partial charge in [0.05, 0.1) is 0 Å². The van der Waals surface area contributed by atoms with Crippen molar-refractivity contribution in [2.45, 2.75) is 29.6 Å². The average Bonchev–Trinajstić information content (AvgIpc) is 1.76. The van der Waals surface area contributed by atoms with E-state index in [1.54, 1.807) is 0 Å². The molecule has 0 N–H and O–H groups in total. The van der Waals surface area contributed by atoms with Gasteiger partial charge >= 0.3 is 86.3 Å². The summed E-state index contributed by atoms with van der Waals surface area (Å²) in [7, 11) is 0. The quantitative estimate of drug-likeness (QED) is 0.528.